The molecule has 2 aromatic carbocycles. The number of aryl methyl sites for hydroxylation is 2. The van der Waals surface area contributed by atoms with E-state index >= 15 is 0 Å². The maximum absolute atomic E-state index is 12.0. The van der Waals surface area contributed by atoms with Gasteiger partial charge in [0.15, 0.2) is 0 Å². The average Bonchev–Trinajstić information content (AvgIpc) is 2.48. The van der Waals surface area contributed by atoms with Crippen molar-refractivity contribution in [2.45, 2.75) is 13.8 Å². The van der Waals surface area contributed by atoms with E-state index in [4.69, 9.17) is 27.9 Å². The number of benzene rings is 2. The third kappa shape index (κ3) is 4.15. The number of halogens is 2. The predicted octanol–water partition coefficient (Wildman–Crippen LogP) is 4.42. The van der Waals surface area contributed by atoms with Crippen molar-refractivity contribution in [1.82, 2.24) is 5.32 Å². The van der Waals surface area contributed by atoms with Crippen LogP contribution in [-0.4, -0.2) is 19.1 Å². The number of hydrogen-bond donors (Lipinski definition) is 1. The highest BCUT2D eigenvalue weighted by Crippen LogP contribution is 2.23. The molecule has 3 nitrogen and oxygen atoms in total. The van der Waals surface area contributed by atoms with Gasteiger partial charge in [0.2, 0.25) is 0 Å². The van der Waals surface area contributed by atoms with E-state index < -0.39 is 0 Å². The molecule has 22 heavy (non-hydrogen) atoms. The first-order chi connectivity index (χ1) is 10.5. The van der Waals surface area contributed by atoms with Crippen LogP contribution in [0.3, 0.4) is 0 Å². The van der Waals surface area contributed by atoms with Crippen molar-refractivity contribution in [2.75, 3.05) is 13.2 Å². The average molecular weight is 338 g/mol. The fraction of sp³-hybridized carbons (Fsp3) is 0.235. The lowest BCUT2D eigenvalue weighted by Gasteiger charge is -2.12. The third-order valence-corrected chi connectivity index (χ3v) is 3.96. The fourth-order valence-corrected chi connectivity index (χ4v) is 2.38. The van der Waals surface area contributed by atoms with E-state index in [1.165, 1.54) is 0 Å². The minimum atomic E-state index is -0.205. The third-order valence-electron chi connectivity index (χ3n) is 3.22. The van der Waals surface area contributed by atoms with Gasteiger partial charge < -0.3 is 10.1 Å². The second-order valence-corrected chi connectivity index (χ2v) is 5.77. The zero-order chi connectivity index (χ0) is 16.1. The summed E-state index contributed by atoms with van der Waals surface area (Å²) >= 11 is 11.7. The number of hydrogen-bond acceptors (Lipinski definition) is 2. The Morgan fingerprint density at radius 3 is 2.41 bits per heavy atom. The molecule has 0 radical (unpaired) electrons. The largest absolute Gasteiger partial charge is 0.491 e. The van der Waals surface area contributed by atoms with Crippen LogP contribution in [0.2, 0.25) is 10.0 Å². The second-order valence-electron chi connectivity index (χ2n) is 4.95. The molecule has 1 amide bonds. The Labute approximate surface area is 140 Å². The maximum Gasteiger partial charge on any atom is 0.251 e. The molecular formula is C17H17Cl2NO2. The van der Waals surface area contributed by atoms with Crippen LogP contribution in [0.25, 0.3) is 0 Å². The summed E-state index contributed by atoms with van der Waals surface area (Å²) in [7, 11) is 0. The van der Waals surface area contributed by atoms with Gasteiger partial charge in [-0.15, -0.1) is 0 Å². The molecule has 5 heteroatoms. The molecule has 1 N–H and O–H groups in total. The monoisotopic (exact) mass is 337 g/mol. The smallest absolute Gasteiger partial charge is 0.251 e. The molecule has 0 saturated carbocycles. The number of amides is 1. The summed E-state index contributed by atoms with van der Waals surface area (Å²) in [4.78, 5) is 12.0. The Balaban J connectivity index is 1.86. The molecule has 0 fully saturated rings. The molecule has 0 aliphatic rings. The van der Waals surface area contributed by atoms with E-state index in [1.807, 2.05) is 32.0 Å². The van der Waals surface area contributed by atoms with E-state index in [2.05, 4.69) is 5.32 Å². The lowest BCUT2D eigenvalue weighted by atomic mass is 10.1. The topological polar surface area (TPSA) is 38.3 Å². The summed E-state index contributed by atoms with van der Waals surface area (Å²) < 4.78 is 5.73. The standard InChI is InChI=1S/C17H17Cl2NO2/c1-11-4-3-5-12(2)16(11)22-9-8-20-17(21)13-6-7-14(18)15(19)10-13/h3-7,10H,8-9H2,1-2H3,(H,20,21). The summed E-state index contributed by atoms with van der Waals surface area (Å²) in [5.41, 5.74) is 2.63. The normalized spacial score (nSPS) is 10.4. The number of ether oxygens (including phenoxy) is 1. The molecule has 2 aromatic rings. The quantitative estimate of drug-likeness (QED) is 0.820. The summed E-state index contributed by atoms with van der Waals surface area (Å²) in [6.07, 6.45) is 0. The van der Waals surface area contributed by atoms with Crippen LogP contribution >= 0.6 is 23.2 Å². The molecule has 0 saturated heterocycles. The first-order valence-corrected chi connectivity index (χ1v) is 7.67. The van der Waals surface area contributed by atoms with Crippen molar-refractivity contribution < 1.29 is 9.53 Å². The molecule has 2 rings (SSSR count). The number of nitrogens with one attached hydrogen (secondary N) is 1. The zero-order valence-corrected chi connectivity index (χ0v) is 14.0. The van der Waals surface area contributed by atoms with E-state index in [0.717, 1.165) is 16.9 Å². The number of para-hydroxylation sites is 1. The van der Waals surface area contributed by atoms with Gasteiger partial charge in [-0.25, -0.2) is 0 Å². The SMILES string of the molecule is Cc1cccc(C)c1OCCNC(=O)c1ccc(Cl)c(Cl)c1. The van der Waals surface area contributed by atoms with E-state index in [-0.39, 0.29) is 5.91 Å². The number of carbonyl (C=O) groups is 1. The number of rotatable bonds is 5. The highest BCUT2D eigenvalue weighted by atomic mass is 35.5. The Bertz CT molecular complexity index is 666. The molecule has 0 aromatic heterocycles. The van der Waals surface area contributed by atoms with Gasteiger partial charge in [-0.1, -0.05) is 41.4 Å². The zero-order valence-electron chi connectivity index (χ0n) is 12.5. The molecular weight excluding hydrogens is 321 g/mol. The van der Waals surface area contributed by atoms with Gasteiger partial charge in [-0.3, -0.25) is 4.79 Å². The van der Waals surface area contributed by atoms with Crippen molar-refractivity contribution in [1.29, 1.82) is 0 Å². The van der Waals surface area contributed by atoms with Crippen LogP contribution in [0, 0.1) is 13.8 Å². The number of carbonyl (C=O) groups excluding carboxylic acids is 1. The summed E-state index contributed by atoms with van der Waals surface area (Å²) in [6.45, 7) is 4.80. The Morgan fingerprint density at radius 1 is 1.09 bits per heavy atom. The van der Waals surface area contributed by atoms with E-state index in [0.29, 0.717) is 28.8 Å². The van der Waals surface area contributed by atoms with Crippen molar-refractivity contribution >= 4 is 29.1 Å². The Kier molecular flexibility index (Phi) is 5.69. The van der Waals surface area contributed by atoms with Crippen LogP contribution in [0.1, 0.15) is 21.5 Å². The van der Waals surface area contributed by atoms with Crippen molar-refractivity contribution in [2.24, 2.45) is 0 Å². The van der Waals surface area contributed by atoms with Crippen LogP contribution in [-0.2, 0) is 0 Å². The highest BCUT2D eigenvalue weighted by Gasteiger charge is 2.08. The van der Waals surface area contributed by atoms with E-state index in [9.17, 15) is 4.79 Å². The van der Waals surface area contributed by atoms with Gasteiger partial charge in [0.05, 0.1) is 16.6 Å². The van der Waals surface area contributed by atoms with Crippen LogP contribution in [0.4, 0.5) is 0 Å². The lowest BCUT2D eigenvalue weighted by molar-refractivity contribution is 0.0947. The minimum Gasteiger partial charge on any atom is -0.491 e. The summed E-state index contributed by atoms with van der Waals surface area (Å²) in [5.74, 6) is 0.662. The Morgan fingerprint density at radius 2 is 1.77 bits per heavy atom. The van der Waals surface area contributed by atoms with Gasteiger partial charge in [-0.05, 0) is 43.2 Å². The van der Waals surface area contributed by atoms with Crippen molar-refractivity contribution in [3.8, 4) is 5.75 Å². The molecule has 116 valence electrons. The second kappa shape index (κ2) is 7.52. The highest BCUT2D eigenvalue weighted by molar-refractivity contribution is 6.42. The van der Waals surface area contributed by atoms with Crippen LogP contribution in [0.5, 0.6) is 5.75 Å². The molecule has 0 aliphatic carbocycles. The molecule has 0 spiro atoms. The minimum absolute atomic E-state index is 0.205. The van der Waals surface area contributed by atoms with Gasteiger partial charge in [0, 0.05) is 5.56 Å². The van der Waals surface area contributed by atoms with Gasteiger partial charge in [0.1, 0.15) is 12.4 Å². The summed E-state index contributed by atoms with van der Waals surface area (Å²) in [5, 5.41) is 3.58. The van der Waals surface area contributed by atoms with Crippen LogP contribution in [0.15, 0.2) is 36.4 Å². The molecule has 0 aliphatic heterocycles. The Hall–Kier alpha value is -1.71. The van der Waals surface area contributed by atoms with Gasteiger partial charge in [-0.2, -0.15) is 0 Å². The molecule has 0 heterocycles. The van der Waals surface area contributed by atoms with Gasteiger partial charge in [0.25, 0.3) is 5.91 Å². The molecule has 0 unspecified atom stereocenters. The lowest BCUT2D eigenvalue weighted by Crippen LogP contribution is -2.28. The maximum atomic E-state index is 12.0. The van der Waals surface area contributed by atoms with Crippen molar-refractivity contribution in [3.05, 3.63) is 63.1 Å². The van der Waals surface area contributed by atoms with Crippen molar-refractivity contribution in [3.63, 3.8) is 0 Å². The van der Waals surface area contributed by atoms with E-state index in [1.54, 1.807) is 18.2 Å². The molecule has 0 atom stereocenters. The fourth-order valence-electron chi connectivity index (χ4n) is 2.08. The predicted molar refractivity (Wildman–Crippen MR) is 90.2 cm³/mol. The summed E-state index contributed by atoms with van der Waals surface area (Å²) in [6, 6.07) is 10.8. The molecule has 0 bridgehead atoms. The first kappa shape index (κ1) is 16.7. The van der Waals surface area contributed by atoms with Gasteiger partial charge >= 0.3 is 0 Å². The van der Waals surface area contributed by atoms with Crippen LogP contribution < -0.4 is 10.1 Å². The first-order valence-electron chi connectivity index (χ1n) is 6.91.